The topological polar surface area (TPSA) is 49.8 Å². The van der Waals surface area contributed by atoms with Crippen molar-refractivity contribution < 1.29 is 0 Å². The third-order valence-electron chi connectivity index (χ3n) is 4.42. The van der Waals surface area contributed by atoms with Crippen LogP contribution in [-0.2, 0) is 6.42 Å². The molecule has 2 atom stereocenters. The zero-order chi connectivity index (χ0) is 15.4. The molecule has 1 fully saturated rings. The molecule has 0 spiro atoms. The van der Waals surface area contributed by atoms with Crippen molar-refractivity contribution in [3.63, 3.8) is 0 Å². The number of hydrogen-bond donors (Lipinski definition) is 2. The number of rotatable bonds is 5. The summed E-state index contributed by atoms with van der Waals surface area (Å²) in [6.07, 6.45) is 5.84. The number of nitrogens with zero attached hydrogens (tertiary/aromatic N) is 2. The zero-order valence-corrected chi connectivity index (χ0v) is 14.2. The Kier molecular flexibility index (Phi) is 5.43. The molecule has 0 bridgehead atoms. The molecule has 2 unspecified atom stereocenters. The van der Waals surface area contributed by atoms with Crippen molar-refractivity contribution in [3.8, 4) is 0 Å². The lowest BCUT2D eigenvalue weighted by atomic mass is 9.80. The van der Waals surface area contributed by atoms with Gasteiger partial charge in [0.2, 0.25) is 0 Å². The van der Waals surface area contributed by atoms with Crippen molar-refractivity contribution in [1.82, 2.24) is 9.97 Å². The Labute approximate surface area is 129 Å². The summed E-state index contributed by atoms with van der Waals surface area (Å²) < 4.78 is 0. The van der Waals surface area contributed by atoms with E-state index in [0.29, 0.717) is 6.04 Å². The highest BCUT2D eigenvalue weighted by Gasteiger charge is 2.25. The molecule has 0 radical (unpaired) electrons. The van der Waals surface area contributed by atoms with Gasteiger partial charge in [0.25, 0.3) is 0 Å². The zero-order valence-electron chi connectivity index (χ0n) is 14.2. The molecule has 21 heavy (non-hydrogen) atoms. The second-order valence-electron chi connectivity index (χ2n) is 6.72. The summed E-state index contributed by atoms with van der Waals surface area (Å²) in [4.78, 5) is 9.35. The quantitative estimate of drug-likeness (QED) is 0.860. The van der Waals surface area contributed by atoms with Crippen molar-refractivity contribution >= 4 is 11.6 Å². The Morgan fingerprint density at radius 3 is 2.24 bits per heavy atom. The maximum Gasteiger partial charge on any atom is 0.134 e. The summed E-state index contributed by atoms with van der Waals surface area (Å²) in [5.41, 5.74) is 1.13. The minimum Gasteiger partial charge on any atom is -0.373 e. The van der Waals surface area contributed by atoms with Crippen LogP contribution < -0.4 is 10.6 Å². The van der Waals surface area contributed by atoms with Crippen LogP contribution >= 0.6 is 0 Å². The monoisotopic (exact) mass is 290 g/mol. The van der Waals surface area contributed by atoms with E-state index in [1.54, 1.807) is 0 Å². The lowest BCUT2D eigenvalue weighted by molar-refractivity contribution is 0.280. The number of nitrogens with one attached hydrogen (secondary N) is 2. The standard InChI is InChI=1S/C17H30N4/c1-6-7-15-20-16(18-5)13(4)17(21-15)19-14-9-11(2)8-12(3)10-14/h11-12,14H,6-10H2,1-5H3,(H2,18,19,20,21). The third-order valence-corrected chi connectivity index (χ3v) is 4.42. The normalized spacial score (nSPS) is 25.7. The van der Waals surface area contributed by atoms with Gasteiger partial charge in [0.15, 0.2) is 0 Å². The van der Waals surface area contributed by atoms with Gasteiger partial charge in [-0.2, -0.15) is 0 Å². The van der Waals surface area contributed by atoms with Crippen molar-refractivity contribution in [1.29, 1.82) is 0 Å². The van der Waals surface area contributed by atoms with Gasteiger partial charge in [-0.15, -0.1) is 0 Å². The molecule has 1 aromatic rings. The van der Waals surface area contributed by atoms with Crippen LogP contribution in [-0.4, -0.2) is 23.1 Å². The second kappa shape index (κ2) is 7.10. The lowest BCUT2D eigenvalue weighted by Crippen LogP contribution is -2.31. The third kappa shape index (κ3) is 4.08. The Morgan fingerprint density at radius 2 is 1.67 bits per heavy atom. The average molecular weight is 290 g/mol. The van der Waals surface area contributed by atoms with Crippen LogP contribution in [0.4, 0.5) is 11.6 Å². The number of anilines is 2. The van der Waals surface area contributed by atoms with E-state index in [2.05, 4.69) is 43.3 Å². The van der Waals surface area contributed by atoms with Crippen LogP contribution in [0.5, 0.6) is 0 Å². The largest absolute Gasteiger partial charge is 0.373 e. The summed E-state index contributed by atoms with van der Waals surface area (Å²) in [6, 6.07) is 0.538. The van der Waals surface area contributed by atoms with Gasteiger partial charge in [-0.25, -0.2) is 9.97 Å². The van der Waals surface area contributed by atoms with Gasteiger partial charge < -0.3 is 10.6 Å². The van der Waals surface area contributed by atoms with E-state index in [9.17, 15) is 0 Å². The minimum atomic E-state index is 0.538. The summed E-state index contributed by atoms with van der Waals surface area (Å²) in [5, 5.41) is 6.89. The van der Waals surface area contributed by atoms with Crippen LogP contribution in [0.15, 0.2) is 0 Å². The fourth-order valence-corrected chi connectivity index (χ4v) is 3.54. The van der Waals surface area contributed by atoms with Crippen molar-refractivity contribution in [2.45, 2.75) is 65.8 Å². The van der Waals surface area contributed by atoms with E-state index in [0.717, 1.165) is 47.7 Å². The smallest absolute Gasteiger partial charge is 0.134 e. The second-order valence-corrected chi connectivity index (χ2v) is 6.72. The van der Waals surface area contributed by atoms with Crippen molar-refractivity contribution in [3.05, 3.63) is 11.4 Å². The summed E-state index contributed by atoms with van der Waals surface area (Å²) >= 11 is 0. The molecule has 1 aromatic heterocycles. The van der Waals surface area contributed by atoms with Gasteiger partial charge in [0, 0.05) is 25.1 Å². The highest BCUT2D eigenvalue weighted by atomic mass is 15.1. The van der Waals surface area contributed by atoms with Crippen LogP contribution in [0.25, 0.3) is 0 Å². The van der Waals surface area contributed by atoms with Crippen LogP contribution in [0, 0.1) is 18.8 Å². The first kappa shape index (κ1) is 16.1. The Morgan fingerprint density at radius 1 is 1.05 bits per heavy atom. The van der Waals surface area contributed by atoms with Gasteiger partial charge >= 0.3 is 0 Å². The van der Waals surface area contributed by atoms with Gasteiger partial charge in [-0.3, -0.25) is 0 Å². The van der Waals surface area contributed by atoms with Gasteiger partial charge in [-0.1, -0.05) is 20.8 Å². The minimum absolute atomic E-state index is 0.538. The molecule has 118 valence electrons. The van der Waals surface area contributed by atoms with E-state index >= 15 is 0 Å². The van der Waals surface area contributed by atoms with Gasteiger partial charge in [0.1, 0.15) is 17.5 Å². The molecule has 2 rings (SSSR count). The van der Waals surface area contributed by atoms with Crippen LogP contribution in [0.3, 0.4) is 0 Å². The summed E-state index contributed by atoms with van der Waals surface area (Å²) in [7, 11) is 1.93. The van der Waals surface area contributed by atoms with Gasteiger partial charge in [0.05, 0.1) is 0 Å². The van der Waals surface area contributed by atoms with E-state index in [-0.39, 0.29) is 0 Å². The molecular formula is C17H30N4. The SMILES string of the molecule is CCCc1nc(NC)c(C)c(NC2CC(C)CC(C)C2)n1. The molecule has 0 amide bonds. The Hall–Kier alpha value is -1.32. The molecule has 1 saturated carbocycles. The molecule has 1 aliphatic rings. The predicted octanol–water partition coefficient (Wildman–Crippen LogP) is 4.02. The molecular weight excluding hydrogens is 260 g/mol. The highest BCUT2D eigenvalue weighted by molar-refractivity contribution is 5.57. The van der Waals surface area contributed by atoms with Crippen LogP contribution in [0.2, 0.25) is 0 Å². The molecule has 4 heteroatoms. The first-order valence-electron chi connectivity index (χ1n) is 8.35. The molecule has 2 N–H and O–H groups in total. The fourth-order valence-electron chi connectivity index (χ4n) is 3.54. The van der Waals surface area contributed by atoms with E-state index < -0.39 is 0 Å². The number of hydrogen-bond acceptors (Lipinski definition) is 4. The maximum atomic E-state index is 4.75. The lowest BCUT2D eigenvalue weighted by Gasteiger charge is -2.32. The van der Waals surface area contributed by atoms with E-state index in [1.165, 1.54) is 19.3 Å². The van der Waals surface area contributed by atoms with Crippen molar-refractivity contribution in [2.24, 2.45) is 11.8 Å². The van der Waals surface area contributed by atoms with Crippen LogP contribution in [0.1, 0.15) is 57.8 Å². The van der Waals surface area contributed by atoms with E-state index in [1.807, 2.05) is 7.05 Å². The fraction of sp³-hybridized carbons (Fsp3) is 0.765. The summed E-state index contributed by atoms with van der Waals surface area (Å²) in [6.45, 7) is 8.98. The molecule has 1 heterocycles. The number of aryl methyl sites for hydroxylation is 1. The molecule has 0 aliphatic heterocycles. The average Bonchev–Trinajstić information content (AvgIpc) is 2.41. The highest BCUT2D eigenvalue weighted by Crippen LogP contribution is 2.31. The van der Waals surface area contributed by atoms with Crippen molar-refractivity contribution in [2.75, 3.05) is 17.7 Å². The Bertz CT molecular complexity index is 462. The van der Waals surface area contributed by atoms with Gasteiger partial charge in [-0.05, 0) is 44.4 Å². The number of aromatic nitrogens is 2. The molecule has 0 saturated heterocycles. The predicted molar refractivity (Wildman–Crippen MR) is 89.9 cm³/mol. The van der Waals surface area contributed by atoms with E-state index in [4.69, 9.17) is 4.98 Å². The summed E-state index contributed by atoms with van der Waals surface area (Å²) in [5.74, 6) is 4.50. The molecule has 1 aliphatic carbocycles. The Balaban J connectivity index is 2.19. The first-order chi connectivity index (χ1) is 10.0. The molecule has 4 nitrogen and oxygen atoms in total. The first-order valence-corrected chi connectivity index (χ1v) is 8.35. The maximum absolute atomic E-state index is 4.75. The molecule has 0 aromatic carbocycles.